The Morgan fingerprint density at radius 2 is 2.05 bits per heavy atom. The van der Waals surface area contributed by atoms with E-state index in [0.717, 1.165) is 24.2 Å². The molecule has 1 fully saturated rings. The molecule has 0 saturated heterocycles. The minimum Gasteiger partial charge on any atom is -0.494 e. The van der Waals surface area contributed by atoms with E-state index >= 15 is 0 Å². The summed E-state index contributed by atoms with van der Waals surface area (Å²) in [5.41, 5.74) is 1.38. The van der Waals surface area contributed by atoms with Gasteiger partial charge in [0.05, 0.1) is 12.7 Å². The van der Waals surface area contributed by atoms with Gasteiger partial charge in [-0.25, -0.2) is 8.42 Å². The normalized spacial score (nSPS) is 22.8. The van der Waals surface area contributed by atoms with Gasteiger partial charge in [-0.15, -0.1) is 0 Å². The van der Waals surface area contributed by atoms with Gasteiger partial charge in [-0.1, -0.05) is 12.8 Å². The van der Waals surface area contributed by atoms with Crippen LogP contribution in [0.5, 0.6) is 5.75 Å². The lowest BCUT2D eigenvalue weighted by Gasteiger charge is -2.27. The molecule has 0 aromatic heterocycles. The Balaban J connectivity index is 2.14. The zero-order valence-electron chi connectivity index (χ0n) is 12.5. The lowest BCUT2D eigenvalue weighted by atomic mass is 9.97. The first kappa shape index (κ1) is 16.1. The fraction of sp³-hybridized carbons (Fsp3) is 0.600. The zero-order chi connectivity index (χ0) is 15.5. The number of rotatable bonds is 5. The highest BCUT2D eigenvalue weighted by Gasteiger charge is 2.34. The minimum absolute atomic E-state index is 0.506. The van der Waals surface area contributed by atoms with Crippen molar-refractivity contribution in [2.75, 3.05) is 11.3 Å². The van der Waals surface area contributed by atoms with Gasteiger partial charge in [0.1, 0.15) is 11.0 Å². The Labute approximate surface area is 126 Å². The van der Waals surface area contributed by atoms with Crippen molar-refractivity contribution < 1.29 is 18.3 Å². The molecule has 6 heteroatoms. The van der Waals surface area contributed by atoms with E-state index in [9.17, 15) is 13.5 Å². The lowest BCUT2D eigenvalue weighted by molar-refractivity contribution is 0.133. The maximum atomic E-state index is 12.4. The molecule has 5 nitrogen and oxygen atoms in total. The molecule has 0 spiro atoms. The first-order chi connectivity index (χ1) is 9.94. The second-order valence-corrected chi connectivity index (χ2v) is 7.35. The molecule has 0 aliphatic heterocycles. The van der Waals surface area contributed by atoms with E-state index in [0.29, 0.717) is 25.1 Å². The van der Waals surface area contributed by atoms with Gasteiger partial charge in [-0.05, 0) is 50.5 Å². The first-order valence-corrected chi connectivity index (χ1v) is 8.92. The number of ether oxygens (including phenoxy) is 1. The molecule has 21 heavy (non-hydrogen) atoms. The number of hydrogen-bond acceptors (Lipinski definition) is 4. The summed E-state index contributed by atoms with van der Waals surface area (Å²) in [7, 11) is -3.57. The fourth-order valence-electron chi connectivity index (χ4n) is 2.71. The molecule has 0 unspecified atom stereocenters. The second-order valence-electron chi connectivity index (χ2n) is 5.45. The highest BCUT2D eigenvalue weighted by Crippen LogP contribution is 2.27. The number of aliphatic hydroxyl groups excluding tert-OH is 1. The van der Waals surface area contributed by atoms with Crippen LogP contribution < -0.4 is 9.46 Å². The predicted octanol–water partition coefficient (Wildman–Crippen LogP) is 2.44. The summed E-state index contributed by atoms with van der Waals surface area (Å²) in [6, 6.07) is 5.19. The monoisotopic (exact) mass is 313 g/mol. The molecule has 118 valence electrons. The maximum Gasteiger partial charge on any atom is 0.238 e. The van der Waals surface area contributed by atoms with Crippen molar-refractivity contribution in [2.24, 2.45) is 0 Å². The zero-order valence-corrected chi connectivity index (χ0v) is 13.3. The average Bonchev–Trinajstić information content (AvgIpc) is 2.42. The third-order valence-corrected chi connectivity index (χ3v) is 5.67. The molecular weight excluding hydrogens is 290 g/mol. The Morgan fingerprint density at radius 1 is 1.33 bits per heavy atom. The van der Waals surface area contributed by atoms with Crippen molar-refractivity contribution in [1.82, 2.24) is 0 Å². The number of anilines is 1. The van der Waals surface area contributed by atoms with Crippen molar-refractivity contribution in [3.05, 3.63) is 23.8 Å². The van der Waals surface area contributed by atoms with Crippen LogP contribution >= 0.6 is 0 Å². The summed E-state index contributed by atoms with van der Waals surface area (Å²) in [6.45, 7) is 4.35. The van der Waals surface area contributed by atoms with E-state index in [2.05, 4.69) is 4.72 Å². The van der Waals surface area contributed by atoms with Crippen LogP contribution in [-0.2, 0) is 10.0 Å². The lowest BCUT2D eigenvalue weighted by Crippen LogP contribution is -2.40. The highest BCUT2D eigenvalue weighted by molar-refractivity contribution is 7.93. The summed E-state index contributed by atoms with van der Waals surface area (Å²) in [5.74, 6) is 0.748. The van der Waals surface area contributed by atoms with Gasteiger partial charge in [0, 0.05) is 5.69 Å². The van der Waals surface area contributed by atoms with Crippen LogP contribution in [0.2, 0.25) is 0 Å². The van der Waals surface area contributed by atoms with Gasteiger partial charge in [0.2, 0.25) is 10.0 Å². The molecule has 0 heterocycles. The van der Waals surface area contributed by atoms with E-state index < -0.39 is 21.4 Å². The molecule has 1 aromatic carbocycles. The molecule has 1 aromatic rings. The van der Waals surface area contributed by atoms with Crippen LogP contribution in [0.3, 0.4) is 0 Å². The van der Waals surface area contributed by atoms with Crippen molar-refractivity contribution in [1.29, 1.82) is 0 Å². The molecular formula is C15H23NO4S. The van der Waals surface area contributed by atoms with Gasteiger partial charge in [-0.2, -0.15) is 0 Å². The van der Waals surface area contributed by atoms with Crippen LogP contribution in [0.15, 0.2) is 18.2 Å². The molecule has 1 aliphatic rings. The van der Waals surface area contributed by atoms with Crippen molar-refractivity contribution in [2.45, 2.75) is 50.9 Å². The number of aryl methyl sites for hydroxylation is 1. The predicted molar refractivity (Wildman–Crippen MR) is 83.2 cm³/mol. The number of hydrogen-bond donors (Lipinski definition) is 2. The second kappa shape index (κ2) is 6.66. The Morgan fingerprint density at radius 3 is 2.67 bits per heavy atom. The van der Waals surface area contributed by atoms with Crippen LogP contribution in [-0.4, -0.2) is 31.5 Å². The van der Waals surface area contributed by atoms with Gasteiger partial charge in [-0.3, -0.25) is 4.72 Å². The Bertz CT molecular complexity index is 585. The van der Waals surface area contributed by atoms with Gasteiger partial charge in [0.15, 0.2) is 0 Å². The summed E-state index contributed by atoms with van der Waals surface area (Å²) < 4.78 is 32.8. The van der Waals surface area contributed by atoms with Gasteiger partial charge >= 0.3 is 0 Å². The maximum absolute atomic E-state index is 12.4. The number of benzene rings is 1. The molecule has 0 radical (unpaired) electrons. The van der Waals surface area contributed by atoms with Crippen LogP contribution in [0.4, 0.5) is 5.69 Å². The first-order valence-electron chi connectivity index (χ1n) is 7.37. The summed E-state index contributed by atoms with van der Waals surface area (Å²) in [5, 5.41) is 9.19. The molecule has 2 N–H and O–H groups in total. The average molecular weight is 313 g/mol. The van der Waals surface area contributed by atoms with Crippen molar-refractivity contribution in [3.63, 3.8) is 0 Å². The fourth-order valence-corrected chi connectivity index (χ4v) is 4.34. The highest BCUT2D eigenvalue weighted by atomic mass is 32.2. The molecule has 2 rings (SSSR count). The molecule has 0 bridgehead atoms. The molecule has 0 amide bonds. The van der Waals surface area contributed by atoms with Gasteiger partial charge in [0.25, 0.3) is 0 Å². The third kappa shape index (κ3) is 3.89. The molecule has 1 aliphatic carbocycles. The van der Waals surface area contributed by atoms with E-state index in [1.165, 1.54) is 0 Å². The molecule has 1 saturated carbocycles. The Hall–Kier alpha value is -1.27. The number of aliphatic hydroxyl groups is 1. The minimum atomic E-state index is -3.57. The standard InChI is InChI=1S/C15H23NO4S/c1-3-20-14-9-8-12(10-11(14)2)16-21(18,19)15-7-5-4-6-13(15)17/h8-10,13,15-17H,3-7H2,1-2H3/t13-,15+/m1/s1. The largest absolute Gasteiger partial charge is 0.494 e. The third-order valence-electron chi connectivity index (χ3n) is 3.80. The van der Waals surface area contributed by atoms with Gasteiger partial charge < -0.3 is 9.84 Å². The smallest absolute Gasteiger partial charge is 0.238 e. The number of sulfonamides is 1. The van der Waals surface area contributed by atoms with E-state index in [1.807, 2.05) is 13.8 Å². The van der Waals surface area contributed by atoms with E-state index in [1.54, 1.807) is 18.2 Å². The SMILES string of the molecule is CCOc1ccc(NS(=O)(=O)[C@H]2CCCC[C@H]2O)cc1C. The quantitative estimate of drug-likeness (QED) is 0.875. The summed E-state index contributed by atoms with van der Waals surface area (Å²) in [6.07, 6.45) is 2.00. The summed E-state index contributed by atoms with van der Waals surface area (Å²) in [4.78, 5) is 0. The molecule has 2 atom stereocenters. The van der Waals surface area contributed by atoms with Crippen LogP contribution in [0.1, 0.15) is 38.2 Å². The van der Waals surface area contributed by atoms with Crippen molar-refractivity contribution >= 4 is 15.7 Å². The van der Waals surface area contributed by atoms with E-state index in [-0.39, 0.29) is 0 Å². The van der Waals surface area contributed by atoms with Crippen LogP contribution in [0, 0.1) is 6.92 Å². The number of nitrogens with one attached hydrogen (secondary N) is 1. The topological polar surface area (TPSA) is 75.6 Å². The Kier molecular flexibility index (Phi) is 5.11. The van der Waals surface area contributed by atoms with E-state index in [4.69, 9.17) is 4.74 Å². The summed E-state index contributed by atoms with van der Waals surface area (Å²) >= 11 is 0. The van der Waals surface area contributed by atoms with Crippen LogP contribution in [0.25, 0.3) is 0 Å². The van der Waals surface area contributed by atoms with Crippen molar-refractivity contribution in [3.8, 4) is 5.75 Å².